The lowest BCUT2D eigenvalue weighted by Crippen LogP contribution is -2.35. The van der Waals surface area contributed by atoms with Crippen molar-refractivity contribution in [2.45, 2.75) is 31.0 Å². The molecule has 0 saturated heterocycles. The first-order valence-corrected chi connectivity index (χ1v) is 3.14. The molecule has 58 valence electrons. The van der Waals surface area contributed by atoms with Crippen LogP contribution in [0, 0.1) is 0 Å². The normalized spacial score (nSPS) is 40.0. The molecule has 1 fully saturated rings. The molecule has 0 radical (unpaired) electrons. The van der Waals surface area contributed by atoms with E-state index < -0.39 is 17.7 Å². The summed E-state index contributed by atoms with van der Waals surface area (Å²) < 4.78 is 12.4. The summed E-state index contributed by atoms with van der Waals surface area (Å²) in [5, 5.41) is 17.5. The van der Waals surface area contributed by atoms with Crippen LogP contribution in [-0.2, 0) is 4.79 Å². The third-order valence-electron chi connectivity index (χ3n) is 1.83. The van der Waals surface area contributed by atoms with E-state index in [9.17, 15) is 9.18 Å². The molecule has 1 saturated carbocycles. The Balaban J connectivity index is 2.63. The van der Waals surface area contributed by atoms with Crippen molar-refractivity contribution in [3.8, 4) is 0 Å². The standard InChI is InChI=1S/C6H9FO3/c7-4-1-2-6(10,3-4)5(8)9/h4,10H,1-3H2,(H,8,9). The number of halogens is 1. The number of rotatable bonds is 1. The van der Waals surface area contributed by atoms with Crippen LogP contribution in [0.2, 0.25) is 0 Å². The maximum absolute atomic E-state index is 12.4. The van der Waals surface area contributed by atoms with Crippen LogP contribution in [0.1, 0.15) is 19.3 Å². The van der Waals surface area contributed by atoms with E-state index in [0.717, 1.165) is 0 Å². The molecule has 2 atom stereocenters. The highest BCUT2D eigenvalue weighted by Gasteiger charge is 2.43. The van der Waals surface area contributed by atoms with Crippen LogP contribution < -0.4 is 0 Å². The summed E-state index contributed by atoms with van der Waals surface area (Å²) in [6.45, 7) is 0. The maximum atomic E-state index is 12.4. The fourth-order valence-corrected chi connectivity index (χ4v) is 1.16. The molecule has 1 aliphatic carbocycles. The molecule has 0 spiro atoms. The molecule has 4 heteroatoms. The second-order valence-electron chi connectivity index (χ2n) is 2.68. The Morgan fingerprint density at radius 2 is 2.30 bits per heavy atom. The largest absolute Gasteiger partial charge is 0.479 e. The van der Waals surface area contributed by atoms with Crippen LogP contribution in [0.3, 0.4) is 0 Å². The van der Waals surface area contributed by atoms with Gasteiger partial charge in [0.2, 0.25) is 0 Å². The molecule has 1 aliphatic rings. The average molecular weight is 148 g/mol. The Morgan fingerprint density at radius 1 is 1.70 bits per heavy atom. The van der Waals surface area contributed by atoms with Gasteiger partial charge in [-0.25, -0.2) is 9.18 Å². The monoisotopic (exact) mass is 148 g/mol. The lowest BCUT2D eigenvalue weighted by Gasteiger charge is -2.14. The molecule has 2 unspecified atom stereocenters. The van der Waals surface area contributed by atoms with E-state index in [1.807, 2.05) is 0 Å². The first kappa shape index (κ1) is 7.47. The van der Waals surface area contributed by atoms with Gasteiger partial charge >= 0.3 is 5.97 Å². The molecular formula is C6H9FO3. The van der Waals surface area contributed by atoms with Gasteiger partial charge in [-0.05, 0) is 12.8 Å². The molecule has 1 rings (SSSR count). The number of hydrogen-bond acceptors (Lipinski definition) is 2. The van der Waals surface area contributed by atoms with Crippen LogP contribution in [0.25, 0.3) is 0 Å². The second kappa shape index (κ2) is 2.20. The van der Waals surface area contributed by atoms with Crippen molar-refractivity contribution in [2.24, 2.45) is 0 Å². The Morgan fingerprint density at radius 3 is 2.50 bits per heavy atom. The minimum atomic E-state index is -1.79. The quantitative estimate of drug-likeness (QED) is 0.563. The second-order valence-corrected chi connectivity index (χ2v) is 2.68. The van der Waals surface area contributed by atoms with Gasteiger partial charge in [0.1, 0.15) is 6.17 Å². The van der Waals surface area contributed by atoms with Crippen LogP contribution in [0.15, 0.2) is 0 Å². The summed E-state index contributed by atoms with van der Waals surface area (Å²) in [5.41, 5.74) is -1.79. The van der Waals surface area contributed by atoms with Gasteiger partial charge in [-0.1, -0.05) is 0 Å². The number of aliphatic carboxylic acids is 1. The predicted octanol–water partition coefficient (Wildman–Crippen LogP) is 0.324. The lowest BCUT2D eigenvalue weighted by molar-refractivity contribution is -0.158. The molecule has 0 bridgehead atoms. The number of carboxylic acids is 1. The summed E-state index contributed by atoms with van der Waals surface area (Å²) in [4.78, 5) is 10.3. The first-order chi connectivity index (χ1) is 4.54. The van der Waals surface area contributed by atoms with E-state index in [2.05, 4.69) is 0 Å². The number of carbonyl (C=O) groups is 1. The van der Waals surface area contributed by atoms with Gasteiger partial charge in [0.05, 0.1) is 0 Å². The third kappa shape index (κ3) is 1.11. The van der Waals surface area contributed by atoms with Crippen molar-refractivity contribution < 1.29 is 19.4 Å². The van der Waals surface area contributed by atoms with E-state index in [-0.39, 0.29) is 19.3 Å². The molecule has 0 aromatic carbocycles. The smallest absolute Gasteiger partial charge is 0.335 e. The zero-order chi connectivity index (χ0) is 7.78. The third-order valence-corrected chi connectivity index (χ3v) is 1.83. The topological polar surface area (TPSA) is 57.5 Å². The molecule has 0 amide bonds. The zero-order valence-electron chi connectivity index (χ0n) is 5.38. The summed E-state index contributed by atoms with van der Waals surface area (Å²) in [6.07, 6.45) is -1.23. The van der Waals surface area contributed by atoms with E-state index >= 15 is 0 Å². The predicted molar refractivity (Wildman–Crippen MR) is 31.3 cm³/mol. The fourth-order valence-electron chi connectivity index (χ4n) is 1.16. The molecule has 0 aliphatic heterocycles. The van der Waals surface area contributed by atoms with Crippen LogP contribution in [0.5, 0.6) is 0 Å². The summed E-state index contributed by atoms with van der Waals surface area (Å²) in [7, 11) is 0. The van der Waals surface area contributed by atoms with Crippen molar-refractivity contribution in [2.75, 3.05) is 0 Å². The van der Waals surface area contributed by atoms with Crippen molar-refractivity contribution in [3.05, 3.63) is 0 Å². The van der Waals surface area contributed by atoms with Gasteiger partial charge < -0.3 is 10.2 Å². The SMILES string of the molecule is O=C(O)C1(O)CCC(F)C1. The number of aliphatic hydroxyl groups is 1. The van der Waals surface area contributed by atoms with E-state index in [1.54, 1.807) is 0 Å². The highest BCUT2D eigenvalue weighted by atomic mass is 19.1. The van der Waals surface area contributed by atoms with Gasteiger partial charge in [0.25, 0.3) is 0 Å². The van der Waals surface area contributed by atoms with Gasteiger partial charge in [-0.3, -0.25) is 0 Å². The number of hydrogen-bond donors (Lipinski definition) is 2. The zero-order valence-corrected chi connectivity index (χ0v) is 5.38. The number of alkyl halides is 1. The molecule has 3 nitrogen and oxygen atoms in total. The highest BCUT2D eigenvalue weighted by Crippen LogP contribution is 2.31. The Labute approximate surface area is 57.5 Å². The van der Waals surface area contributed by atoms with Crippen LogP contribution >= 0.6 is 0 Å². The first-order valence-electron chi connectivity index (χ1n) is 3.14. The van der Waals surface area contributed by atoms with Crippen molar-refractivity contribution in [1.29, 1.82) is 0 Å². The molecule has 0 heterocycles. The summed E-state index contributed by atoms with van der Waals surface area (Å²) in [6, 6.07) is 0. The van der Waals surface area contributed by atoms with Crippen molar-refractivity contribution in [3.63, 3.8) is 0 Å². The summed E-state index contributed by atoms with van der Waals surface area (Å²) in [5.74, 6) is -1.31. The van der Waals surface area contributed by atoms with Gasteiger partial charge in [-0.2, -0.15) is 0 Å². The maximum Gasteiger partial charge on any atom is 0.335 e. The van der Waals surface area contributed by atoms with Gasteiger partial charge in [-0.15, -0.1) is 0 Å². The minimum absolute atomic E-state index is 0.0312. The molecule has 0 aromatic rings. The summed E-state index contributed by atoms with van der Waals surface area (Å²) >= 11 is 0. The van der Waals surface area contributed by atoms with Crippen LogP contribution in [-0.4, -0.2) is 28.0 Å². The van der Waals surface area contributed by atoms with Gasteiger partial charge in [0.15, 0.2) is 5.60 Å². The number of carboxylic acid groups (broad SMARTS) is 1. The Kier molecular flexibility index (Phi) is 1.64. The minimum Gasteiger partial charge on any atom is -0.479 e. The highest BCUT2D eigenvalue weighted by molar-refractivity contribution is 5.77. The lowest BCUT2D eigenvalue weighted by atomic mass is 10.0. The van der Waals surface area contributed by atoms with Gasteiger partial charge in [0, 0.05) is 6.42 Å². The average Bonchev–Trinajstić information content (AvgIpc) is 2.13. The molecule has 10 heavy (non-hydrogen) atoms. The van der Waals surface area contributed by atoms with Crippen LogP contribution in [0.4, 0.5) is 4.39 Å². The fraction of sp³-hybridized carbons (Fsp3) is 0.833. The van der Waals surface area contributed by atoms with E-state index in [1.165, 1.54) is 0 Å². The van der Waals surface area contributed by atoms with Crippen molar-refractivity contribution >= 4 is 5.97 Å². The van der Waals surface area contributed by atoms with E-state index in [4.69, 9.17) is 10.2 Å². The molecular weight excluding hydrogens is 139 g/mol. The molecule has 2 N–H and O–H groups in total. The van der Waals surface area contributed by atoms with E-state index in [0.29, 0.717) is 0 Å². The van der Waals surface area contributed by atoms with Crippen molar-refractivity contribution in [1.82, 2.24) is 0 Å². The Hall–Kier alpha value is -0.640. The Bertz CT molecular complexity index is 159. The molecule has 0 aromatic heterocycles.